The fourth-order valence-electron chi connectivity index (χ4n) is 1.84. The third-order valence-corrected chi connectivity index (χ3v) is 3.15. The van der Waals surface area contributed by atoms with Crippen molar-refractivity contribution >= 4 is 5.91 Å². The third-order valence-electron chi connectivity index (χ3n) is 3.15. The number of pyridine rings is 1. The normalized spacial score (nSPS) is 11.2. The number of ether oxygens (including phenoxy) is 1. The smallest absolute Gasteiger partial charge is 0.422 e. The fraction of sp³-hybridized carbons (Fsp3) is 0.250. The number of nitrogens with zero attached hydrogens (tertiary/aromatic N) is 1. The number of alkyl halides is 3. The number of carbonyl (C=O) groups excluding carboxylic acids is 1. The molecule has 1 N–H and O–H groups in total. The van der Waals surface area contributed by atoms with Crippen LogP contribution in [0.15, 0.2) is 47.4 Å². The molecule has 0 aliphatic heterocycles. The number of nitrogens with one attached hydrogen (secondary N) is 1. The number of hydrogen-bond donors (Lipinski definition) is 1. The molecule has 0 saturated carbocycles. The van der Waals surface area contributed by atoms with Gasteiger partial charge in [0.05, 0.1) is 0 Å². The number of amides is 1. The molecule has 0 atom stereocenters. The predicted molar refractivity (Wildman–Crippen MR) is 80.8 cm³/mol. The third kappa shape index (κ3) is 5.15. The lowest BCUT2D eigenvalue weighted by molar-refractivity contribution is -0.153. The van der Waals surface area contributed by atoms with E-state index in [2.05, 4.69) is 10.1 Å². The first-order chi connectivity index (χ1) is 11.2. The zero-order valence-electron chi connectivity index (χ0n) is 12.8. The summed E-state index contributed by atoms with van der Waals surface area (Å²) in [7, 11) is 1.58. The van der Waals surface area contributed by atoms with Gasteiger partial charge in [0, 0.05) is 31.4 Å². The van der Waals surface area contributed by atoms with E-state index in [1.54, 1.807) is 19.2 Å². The van der Waals surface area contributed by atoms with Crippen molar-refractivity contribution < 1.29 is 22.7 Å². The van der Waals surface area contributed by atoms with E-state index in [-0.39, 0.29) is 23.4 Å². The molecule has 0 aliphatic carbocycles. The number of hydrogen-bond acceptors (Lipinski definition) is 3. The van der Waals surface area contributed by atoms with E-state index in [0.717, 1.165) is 0 Å². The van der Waals surface area contributed by atoms with Crippen LogP contribution >= 0.6 is 0 Å². The molecule has 24 heavy (non-hydrogen) atoms. The van der Waals surface area contributed by atoms with Gasteiger partial charge in [-0.25, -0.2) is 0 Å². The molecule has 128 valence electrons. The quantitative estimate of drug-likeness (QED) is 0.908. The summed E-state index contributed by atoms with van der Waals surface area (Å²) < 4.78 is 42.1. The molecule has 0 aliphatic rings. The molecule has 1 amide bonds. The summed E-state index contributed by atoms with van der Waals surface area (Å²) in [5.41, 5.74) is 0.628. The van der Waals surface area contributed by atoms with Gasteiger partial charge in [0.2, 0.25) is 0 Å². The summed E-state index contributed by atoms with van der Waals surface area (Å²) >= 11 is 0. The topological polar surface area (TPSA) is 60.3 Å². The van der Waals surface area contributed by atoms with Crippen molar-refractivity contribution in [2.45, 2.75) is 12.7 Å². The minimum atomic E-state index is -4.39. The van der Waals surface area contributed by atoms with Crippen molar-refractivity contribution in [3.8, 4) is 5.75 Å². The second kappa shape index (κ2) is 7.20. The van der Waals surface area contributed by atoms with Crippen LogP contribution in [0.1, 0.15) is 15.9 Å². The molecule has 2 aromatic rings. The van der Waals surface area contributed by atoms with Gasteiger partial charge in [-0.3, -0.25) is 9.59 Å². The Balaban J connectivity index is 1.91. The highest BCUT2D eigenvalue weighted by Crippen LogP contribution is 2.18. The zero-order valence-corrected chi connectivity index (χ0v) is 12.8. The number of rotatable bonds is 5. The Morgan fingerprint density at radius 3 is 2.46 bits per heavy atom. The number of aryl methyl sites for hydroxylation is 1. The highest BCUT2D eigenvalue weighted by Gasteiger charge is 2.28. The Morgan fingerprint density at radius 2 is 1.88 bits per heavy atom. The van der Waals surface area contributed by atoms with Gasteiger partial charge < -0.3 is 14.6 Å². The Labute approximate surface area is 135 Å². The Bertz CT molecular complexity index is 767. The summed E-state index contributed by atoms with van der Waals surface area (Å²) in [5.74, 6) is -0.320. The molecule has 1 heterocycles. The van der Waals surface area contributed by atoms with E-state index in [4.69, 9.17) is 0 Å². The monoisotopic (exact) mass is 340 g/mol. The number of halogens is 3. The molecule has 0 radical (unpaired) electrons. The summed E-state index contributed by atoms with van der Waals surface area (Å²) in [5, 5.41) is 2.63. The average molecular weight is 340 g/mol. The van der Waals surface area contributed by atoms with Crippen LogP contribution in [-0.4, -0.2) is 23.3 Å². The lowest BCUT2D eigenvalue weighted by atomic mass is 10.2. The molecule has 0 bridgehead atoms. The van der Waals surface area contributed by atoms with Gasteiger partial charge in [0.15, 0.2) is 6.61 Å². The van der Waals surface area contributed by atoms with E-state index in [9.17, 15) is 22.8 Å². The van der Waals surface area contributed by atoms with Crippen molar-refractivity contribution in [3.05, 3.63) is 64.1 Å². The molecule has 0 saturated heterocycles. The molecule has 2 rings (SSSR count). The lowest BCUT2D eigenvalue weighted by Crippen LogP contribution is -2.25. The molecule has 1 aromatic heterocycles. The first kappa shape index (κ1) is 17.6. The molecular formula is C16H15F3N2O3. The first-order valence-electron chi connectivity index (χ1n) is 6.98. The minimum Gasteiger partial charge on any atom is -0.484 e. The molecule has 0 spiro atoms. The van der Waals surface area contributed by atoms with Gasteiger partial charge in [-0.1, -0.05) is 12.1 Å². The number of aromatic nitrogens is 1. The summed E-state index contributed by atoms with van der Waals surface area (Å²) in [6.45, 7) is -1.18. The Morgan fingerprint density at radius 1 is 1.21 bits per heavy atom. The zero-order chi connectivity index (χ0) is 17.7. The van der Waals surface area contributed by atoms with Crippen molar-refractivity contribution in [1.82, 2.24) is 9.88 Å². The standard InChI is InChI=1S/C16H15F3N2O3/c1-21-7-6-12(8-14(21)22)15(23)20-9-11-2-4-13(5-3-11)24-10-16(17,18)19/h2-8H,9-10H2,1H3,(H,20,23). The summed E-state index contributed by atoms with van der Waals surface area (Å²) in [4.78, 5) is 23.4. The highest BCUT2D eigenvalue weighted by molar-refractivity contribution is 5.93. The number of benzene rings is 1. The van der Waals surface area contributed by atoms with Crippen molar-refractivity contribution in [1.29, 1.82) is 0 Å². The van der Waals surface area contributed by atoms with Gasteiger partial charge in [0.25, 0.3) is 11.5 Å². The molecular weight excluding hydrogens is 325 g/mol. The van der Waals surface area contributed by atoms with E-state index in [1.165, 1.54) is 35.0 Å². The van der Waals surface area contributed by atoms with E-state index >= 15 is 0 Å². The van der Waals surface area contributed by atoms with Crippen molar-refractivity contribution in [2.24, 2.45) is 7.05 Å². The first-order valence-corrected chi connectivity index (χ1v) is 6.98. The van der Waals surface area contributed by atoms with Gasteiger partial charge in [-0.15, -0.1) is 0 Å². The van der Waals surface area contributed by atoms with E-state index < -0.39 is 18.7 Å². The van der Waals surface area contributed by atoms with Crippen LogP contribution in [-0.2, 0) is 13.6 Å². The van der Waals surface area contributed by atoms with Gasteiger partial charge in [-0.2, -0.15) is 13.2 Å². The van der Waals surface area contributed by atoms with Crippen LogP contribution in [0.5, 0.6) is 5.75 Å². The van der Waals surface area contributed by atoms with E-state index in [0.29, 0.717) is 5.56 Å². The van der Waals surface area contributed by atoms with Crippen LogP contribution in [0.25, 0.3) is 0 Å². The second-order valence-corrected chi connectivity index (χ2v) is 5.10. The molecule has 8 heteroatoms. The van der Waals surface area contributed by atoms with Crippen LogP contribution in [0.2, 0.25) is 0 Å². The van der Waals surface area contributed by atoms with Crippen LogP contribution in [0.3, 0.4) is 0 Å². The second-order valence-electron chi connectivity index (χ2n) is 5.10. The maximum atomic E-state index is 12.0. The van der Waals surface area contributed by atoms with E-state index in [1.807, 2.05) is 0 Å². The van der Waals surface area contributed by atoms with Crippen LogP contribution in [0.4, 0.5) is 13.2 Å². The molecule has 0 fully saturated rings. The SMILES string of the molecule is Cn1ccc(C(=O)NCc2ccc(OCC(F)(F)F)cc2)cc1=O. The average Bonchev–Trinajstić information content (AvgIpc) is 2.53. The van der Waals surface area contributed by atoms with Crippen molar-refractivity contribution in [3.63, 3.8) is 0 Å². The highest BCUT2D eigenvalue weighted by atomic mass is 19.4. The molecule has 1 aromatic carbocycles. The summed E-state index contributed by atoms with van der Waals surface area (Å²) in [6.07, 6.45) is -2.90. The predicted octanol–water partition coefficient (Wildman–Crippen LogP) is 2.26. The maximum Gasteiger partial charge on any atom is 0.422 e. The lowest BCUT2D eigenvalue weighted by Gasteiger charge is -2.10. The maximum absolute atomic E-state index is 12.0. The molecule has 5 nitrogen and oxygen atoms in total. The minimum absolute atomic E-state index is 0.0916. The van der Waals surface area contributed by atoms with Gasteiger partial charge in [0.1, 0.15) is 5.75 Å². The van der Waals surface area contributed by atoms with Crippen LogP contribution < -0.4 is 15.6 Å². The van der Waals surface area contributed by atoms with Crippen molar-refractivity contribution in [2.75, 3.05) is 6.61 Å². The molecule has 0 unspecified atom stereocenters. The van der Waals surface area contributed by atoms with Gasteiger partial charge >= 0.3 is 6.18 Å². The fourth-order valence-corrected chi connectivity index (χ4v) is 1.84. The summed E-state index contributed by atoms with van der Waals surface area (Å²) in [6, 6.07) is 8.64. The Hall–Kier alpha value is -2.77. The Kier molecular flexibility index (Phi) is 5.28. The van der Waals surface area contributed by atoms with Crippen LogP contribution in [0, 0.1) is 0 Å². The largest absolute Gasteiger partial charge is 0.484 e. The number of carbonyl (C=O) groups is 1. The van der Waals surface area contributed by atoms with Gasteiger partial charge in [-0.05, 0) is 23.8 Å².